The van der Waals surface area contributed by atoms with E-state index in [1.807, 2.05) is 24.7 Å². The molecule has 0 bridgehead atoms. The van der Waals surface area contributed by atoms with Crippen molar-refractivity contribution in [1.29, 1.82) is 0 Å². The van der Waals surface area contributed by atoms with Crippen molar-refractivity contribution in [3.05, 3.63) is 29.7 Å². The number of aryl methyl sites for hydroxylation is 2. The van der Waals surface area contributed by atoms with Gasteiger partial charge >= 0.3 is 0 Å². The first-order valence-electron chi connectivity index (χ1n) is 6.48. The number of anilines is 1. The number of hydrogen-bond acceptors (Lipinski definition) is 5. The Morgan fingerprint density at radius 3 is 2.74 bits per heavy atom. The molecule has 0 aromatic carbocycles. The predicted octanol–water partition coefficient (Wildman–Crippen LogP) is 1.69. The number of nitrogens with one attached hydrogen (secondary N) is 1. The molecule has 2 aromatic heterocycles. The fourth-order valence-corrected chi connectivity index (χ4v) is 1.75. The highest BCUT2D eigenvalue weighted by atomic mass is 15.3. The molecule has 2 heterocycles. The largest absolute Gasteiger partial charge is 0.370 e. The standard InChI is InChI=1S/C13H20N6/c1-9(2)13-17-12(19(4)18-13)5-6-14-11-7-10(3)15-8-16-11/h7-9H,5-6H2,1-4H3,(H,14,15,16). The summed E-state index contributed by atoms with van der Waals surface area (Å²) in [6.07, 6.45) is 2.39. The molecule has 6 heteroatoms. The summed E-state index contributed by atoms with van der Waals surface area (Å²) >= 11 is 0. The molecular formula is C13H20N6. The number of hydrogen-bond donors (Lipinski definition) is 1. The normalized spacial score (nSPS) is 11.0. The molecule has 102 valence electrons. The van der Waals surface area contributed by atoms with Gasteiger partial charge in [0.1, 0.15) is 18.0 Å². The Labute approximate surface area is 113 Å². The van der Waals surface area contributed by atoms with Crippen LogP contribution in [0.1, 0.15) is 37.1 Å². The van der Waals surface area contributed by atoms with E-state index in [0.717, 1.165) is 36.1 Å². The molecule has 0 spiro atoms. The van der Waals surface area contributed by atoms with Crippen LogP contribution in [0.15, 0.2) is 12.4 Å². The Morgan fingerprint density at radius 2 is 2.11 bits per heavy atom. The van der Waals surface area contributed by atoms with E-state index in [0.29, 0.717) is 5.92 Å². The highest BCUT2D eigenvalue weighted by Crippen LogP contribution is 2.10. The monoisotopic (exact) mass is 260 g/mol. The van der Waals surface area contributed by atoms with E-state index in [2.05, 4.69) is 39.2 Å². The Bertz CT molecular complexity index is 546. The van der Waals surface area contributed by atoms with Gasteiger partial charge < -0.3 is 5.32 Å². The first-order valence-corrected chi connectivity index (χ1v) is 6.48. The van der Waals surface area contributed by atoms with Crippen LogP contribution in [-0.4, -0.2) is 31.3 Å². The lowest BCUT2D eigenvalue weighted by molar-refractivity contribution is 0.681. The predicted molar refractivity (Wildman–Crippen MR) is 74.1 cm³/mol. The number of rotatable bonds is 5. The van der Waals surface area contributed by atoms with Crippen molar-refractivity contribution < 1.29 is 0 Å². The van der Waals surface area contributed by atoms with E-state index in [-0.39, 0.29) is 0 Å². The highest BCUT2D eigenvalue weighted by Gasteiger charge is 2.09. The van der Waals surface area contributed by atoms with Gasteiger partial charge in [-0.05, 0) is 6.92 Å². The minimum absolute atomic E-state index is 0.359. The molecule has 0 aliphatic carbocycles. The van der Waals surface area contributed by atoms with Crippen LogP contribution in [0, 0.1) is 6.92 Å². The molecular weight excluding hydrogens is 240 g/mol. The minimum atomic E-state index is 0.359. The zero-order chi connectivity index (χ0) is 13.8. The molecule has 1 N–H and O–H groups in total. The van der Waals surface area contributed by atoms with Gasteiger partial charge in [-0.1, -0.05) is 13.8 Å². The Morgan fingerprint density at radius 1 is 1.32 bits per heavy atom. The maximum atomic E-state index is 4.54. The van der Waals surface area contributed by atoms with Gasteiger partial charge in [0.25, 0.3) is 0 Å². The highest BCUT2D eigenvalue weighted by molar-refractivity contribution is 5.34. The molecule has 0 atom stereocenters. The summed E-state index contributed by atoms with van der Waals surface area (Å²) in [5.41, 5.74) is 0.957. The van der Waals surface area contributed by atoms with Crippen molar-refractivity contribution in [2.75, 3.05) is 11.9 Å². The molecule has 0 unspecified atom stereocenters. The summed E-state index contributed by atoms with van der Waals surface area (Å²) in [4.78, 5) is 12.8. The average Bonchev–Trinajstić information content (AvgIpc) is 2.71. The summed E-state index contributed by atoms with van der Waals surface area (Å²) in [5.74, 6) is 3.09. The van der Waals surface area contributed by atoms with Gasteiger partial charge in [-0.25, -0.2) is 15.0 Å². The van der Waals surface area contributed by atoms with Crippen molar-refractivity contribution in [3.63, 3.8) is 0 Å². The van der Waals surface area contributed by atoms with Crippen LogP contribution in [0.5, 0.6) is 0 Å². The number of aromatic nitrogens is 5. The molecule has 0 saturated carbocycles. The van der Waals surface area contributed by atoms with Crippen LogP contribution >= 0.6 is 0 Å². The maximum absolute atomic E-state index is 4.54. The molecule has 0 aliphatic rings. The Balaban J connectivity index is 1.92. The van der Waals surface area contributed by atoms with Gasteiger partial charge in [-0.2, -0.15) is 5.10 Å². The average molecular weight is 260 g/mol. The molecule has 19 heavy (non-hydrogen) atoms. The van der Waals surface area contributed by atoms with Crippen molar-refractivity contribution in [1.82, 2.24) is 24.7 Å². The molecule has 0 radical (unpaired) electrons. The molecule has 0 saturated heterocycles. The molecule has 2 rings (SSSR count). The topological polar surface area (TPSA) is 68.5 Å². The second-order valence-corrected chi connectivity index (χ2v) is 4.89. The van der Waals surface area contributed by atoms with Crippen LogP contribution in [0.3, 0.4) is 0 Å². The van der Waals surface area contributed by atoms with Crippen LogP contribution in [-0.2, 0) is 13.5 Å². The minimum Gasteiger partial charge on any atom is -0.370 e. The first kappa shape index (κ1) is 13.5. The van der Waals surface area contributed by atoms with E-state index in [4.69, 9.17) is 0 Å². The number of nitrogens with zero attached hydrogens (tertiary/aromatic N) is 5. The van der Waals surface area contributed by atoms with Gasteiger partial charge in [0.05, 0.1) is 0 Å². The van der Waals surface area contributed by atoms with Gasteiger partial charge in [0, 0.05) is 37.7 Å². The van der Waals surface area contributed by atoms with Crippen molar-refractivity contribution in [2.45, 2.75) is 33.1 Å². The van der Waals surface area contributed by atoms with Crippen molar-refractivity contribution in [2.24, 2.45) is 7.05 Å². The summed E-state index contributed by atoms with van der Waals surface area (Å²) in [5, 5.41) is 7.67. The van der Waals surface area contributed by atoms with Crippen LogP contribution in [0.2, 0.25) is 0 Å². The lowest BCUT2D eigenvalue weighted by atomic mass is 10.2. The summed E-state index contributed by atoms with van der Waals surface area (Å²) in [6, 6.07) is 1.93. The second-order valence-electron chi connectivity index (χ2n) is 4.89. The van der Waals surface area contributed by atoms with E-state index < -0.39 is 0 Å². The lowest BCUT2D eigenvalue weighted by Gasteiger charge is -2.05. The zero-order valence-corrected chi connectivity index (χ0v) is 11.9. The van der Waals surface area contributed by atoms with Crippen molar-refractivity contribution in [3.8, 4) is 0 Å². The second kappa shape index (κ2) is 5.77. The van der Waals surface area contributed by atoms with E-state index >= 15 is 0 Å². The fraction of sp³-hybridized carbons (Fsp3) is 0.538. The molecule has 2 aromatic rings. The SMILES string of the molecule is Cc1cc(NCCc2nc(C(C)C)nn2C)ncn1. The zero-order valence-electron chi connectivity index (χ0n) is 11.9. The smallest absolute Gasteiger partial charge is 0.153 e. The van der Waals surface area contributed by atoms with E-state index in [9.17, 15) is 0 Å². The van der Waals surface area contributed by atoms with Gasteiger partial charge in [0.2, 0.25) is 0 Å². The quantitative estimate of drug-likeness (QED) is 0.886. The van der Waals surface area contributed by atoms with Gasteiger partial charge in [-0.3, -0.25) is 4.68 Å². The molecule has 0 fully saturated rings. The van der Waals surface area contributed by atoms with Gasteiger partial charge in [0.15, 0.2) is 5.82 Å². The third kappa shape index (κ3) is 3.49. The fourth-order valence-electron chi connectivity index (χ4n) is 1.75. The molecule has 0 amide bonds. The summed E-state index contributed by atoms with van der Waals surface area (Å²) in [7, 11) is 1.93. The van der Waals surface area contributed by atoms with E-state index in [1.165, 1.54) is 0 Å². The first-order chi connectivity index (χ1) is 9.06. The molecule has 0 aliphatic heterocycles. The van der Waals surface area contributed by atoms with Crippen LogP contribution in [0.25, 0.3) is 0 Å². The Hall–Kier alpha value is -1.98. The molecule has 6 nitrogen and oxygen atoms in total. The summed E-state index contributed by atoms with van der Waals surface area (Å²) in [6.45, 7) is 6.92. The third-order valence-electron chi connectivity index (χ3n) is 2.84. The lowest BCUT2D eigenvalue weighted by Crippen LogP contribution is -2.10. The van der Waals surface area contributed by atoms with Gasteiger partial charge in [-0.15, -0.1) is 0 Å². The van der Waals surface area contributed by atoms with E-state index in [1.54, 1.807) is 6.33 Å². The van der Waals surface area contributed by atoms with Crippen LogP contribution in [0.4, 0.5) is 5.82 Å². The Kier molecular flexibility index (Phi) is 4.09. The summed E-state index contributed by atoms with van der Waals surface area (Å²) < 4.78 is 1.85. The maximum Gasteiger partial charge on any atom is 0.153 e. The third-order valence-corrected chi connectivity index (χ3v) is 2.84. The van der Waals surface area contributed by atoms with Crippen molar-refractivity contribution >= 4 is 5.82 Å². The van der Waals surface area contributed by atoms with Crippen LogP contribution < -0.4 is 5.32 Å².